The van der Waals surface area contributed by atoms with Crippen molar-refractivity contribution in [2.75, 3.05) is 14.2 Å². The van der Waals surface area contributed by atoms with Gasteiger partial charge in [-0.2, -0.15) is 0 Å². The molecule has 0 aliphatic heterocycles. The average molecular weight is 516 g/mol. The maximum absolute atomic E-state index is 15.3. The van der Waals surface area contributed by atoms with Gasteiger partial charge in [-0.25, -0.2) is 27.9 Å². The Morgan fingerprint density at radius 2 is 1.81 bits per heavy atom. The number of ether oxygens (including phenoxy) is 2. The zero-order valence-corrected chi connectivity index (χ0v) is 20.9. The number of hydrogen-bond acceptors (Lipinski definition) is 6. The van der Waals surface area contributed by atoms with Gasteiger partial charge in [0.1, 0.15) is 17.3 Å². The molecule has 0 bridgehead atoms. The highest BCUT2D eigenvalue weighted by atomic mass is 32.2. The number of methoxy groups -OCH3 is 2. The number of H-pyrrole nitrogens is 1. The lowest BCUT2D eigenvalue weighted by molar-refractivity contribution is 0.0690. The van der Waals surface area contributed by atoms with Crippen LogP contribution in [0.15, 0.2) is 46.1 Å². The van der Waals surface area contributed by atoms with Gasteiger partial charge in [0.2, 0.25) is 0 Å². The summed E-state index contributed by atoms with van der Waals surface area (Å²) in [5.41, 5.74) is 0.185. The van der Waals surface area contributed by atoms with Gasteiger partial charge in [-0.3, -0.25) is 0 Å². The van der Waals surface area contributed by atoms with Crippen molar-refractivity contribution in [3.8, 4) is 17.2 Å². The van der Waals surface area contributed by atoms with Gasteiger partial charge < -0.3 is 19.6 Å². The third kappa shape index (κ3) is 4.41. The molecule has 0 unspecified atom stereocenters. The molecule has 188 valence electrons. The summed E-state index contributed by atoms with van der Waals surface area (Å²) in [6.07, 6.45) is 0. The number of aromatic nitrogens is 3. The number of carboxylic acid groups (broad SMARTS) is 1. The number of rotatable bonds is 7. The van der Waals surface area contributed by atoms with E-state index in [-0.39, 0.29) is 22.8 Å². The number of aromatic carboxylic acids is 1. The molecule has 0 aliphatic carbocycles. The zero-order valence-electron chi connectivity index (χ0n) is 20.1. The molecule has 0 atom stereocenters. The van der Waals surface area contributed by atoms with Gasteiger partial charge in [0.15, 0.2) is 17.2 Å². The van der Waals surface area contributed by atoms with Crippen LogP contribution < -0.4 is 15.2 Å². The summed E-state index contributed by atoms with van der Waals surface area (Å²) in [5.74, 6) is -1.82. The molecule has 0 fully saturated rings. The number of pyridine rings is 1. The molecule has 2 aromatic heterocycles. The van der Waals surface area contributed by atoms with E-state index in [1.807, 2.05) is 13.8 Å². The second-order valence-corrected chi connectivity index (χ2v) is 10.2. The summed E-state index contributed by atoms with van der Waals surface area (Å²) in [7, 11) is 2.87. The van der Waals surface area contributed by atoms with E-state index in [0.29, 0.717) is 27.3 Å². The maximum atomic E-state index is 15.3. The predicted molar refractivity (Wildman–Crippen MR) is 132 cm³/mol. The predicted octanol–water partition coefficient (Wildman–Crippen LogP) is 5.04. The number of imidazole rings is 1. The van der Waals surface area contributed by atoms with Crippen LogP contribution in [0.1, 0.15) is 35.5 Å². The van der Waals surface area contributed by atoms with Crippen molar-refractivity contribution >= 4 is 28.9 Å². The zero-order chi connectivity index (χ0) is 26.4. The largest absolute Gasteiger partial charge is 0.496 e. The molecule has 4 aromatic rings. The number of carbonyl (C=O) groups is 1. The fourth-order valence-corrected chi connectivity index (χ4v) is 5.21. The number of hydrogen-bond donors (Lipinski definition) is 2. The number of fused-ring (bicyclic) bond motifs is 1. The van der Waals surface area contributed by atoms with E-state index < -0.39 is 28.0 Å². The second-order valence-electron chi connectivity index (χ2n) is 8.51. The van der Waals surface area contributed by atoms with Crippen LogP contribution in [0.2, 0.25) is 0 Å². The van der Waals surface area contributed by atoms with Crippen molar-refractivity contribution < 1.29 is 28.2 Å². The number of nitrogens with zero attached hydrogens (tertiary/aromatic N) is 2. The molecule has 0 saturated heterocycles. The first-order valence-corrected chi connectivity index (χ1v) is 11.5. The minimum absolute atomic E-state index is 0.0246. The third-order valence-corrected chi connectivity index (χ3v) is 6.98. The molecule has 4 rings (SSSR count). The first-order chi connectivity index (χ1) is 17.0. The smallest absolute Gasteiger partial charge is 0.354 e. The van der Waals surface area contributed by atoms with E-state index in [0.717, 1.165) is 10.6 Å². The summed E-state index contributed by atoms with van der Waals surface area (Å²) in [6, 6.07) is 8.07. The highest BCUT2D eigenvalue weighted by molar-refractivity contribution is 8.00. The fraction of sp³-hybridized carbons (Fsp3) is 0.240. The van der Waals surface area contributed by atoms with Gasteiger partial charge in [-0.1, -0.05) is 0 Å². The molecular weight excluding hydrogens is 492 g/mol. The Hall–Kier alpha value is -3.86. The first kappa shape index (κ1) is 25.2. The van der Waals surface area contributed by atoms with Crippen molar-refractivity contribution in [2.45, 2.75) is 30.4 Å². The second kappa shape index (κ2) is 9.30. The van der Waals surface area contributed by atoms with Crippen LogP contribution in [0.4, 0.5) is 8.78 Å². The van der Waals surface area contributed by atoms with Gasteiger partial charge in [-0.05, 0) is 56.7 Å². The fourth-order valence-electron chi connectivity index (χ4n) is 3.98. The molecule has 0 amide bonds. The Kier molecular flexibility index (Phi) is 6.52. The SMILES string of the molecule is COc1cc(F)c(-n2c(=O)[nH]c3c(C)cc(C(=O)O)nc32)cc1SC(C)(C)c1cc(F)ccc1OC. The van der Waals surface area contributed by atoms with Crippen LogP contribution in [0.25, 0.3) is 16.9 Å². The van der Waals surface area contributed by atoms with Crippen molar-refractivity contribution in [1.82, 2.24) is 14.5 Å². The highest BCUT2D eigenvalue weighted by Gasteiger charge is 2.29. The quantitative estimate of drug-likeness (QED) is 0.332. The molecule has 2 heterocycles. The van der Waals surface area contributed by atoms with E-state index in [1.165, 1.54) is 56.3 Å². The maximum Gasteiger partial charge on any atom is 0.354 e. The summed E-state index contributed by atoms with van der Waals surface area (Å²) >= 11 is 1.25. The minimum atomic E-state index is -1.28. The van der Waals surface area contributed by atoms with Crippen LogP contribution in [0, 0.1) is 18.6 Å². The third-order valence-electron chi connectivity index (χ3n) is 5.71. The van der Waals surface area contributed by atoms with Crippen molar-refractivity contribution in [2.24, 2.45) is 0 Å². The van der Waals surface area contributed by atoms with E-state index in [2.05, 4.69) is 9.97 Å². The molecule has 0 saturated carbocycles. The average Bonchev–Trinajstić information content (AvgIpc) is 3.16. The Morgan fingerprint density at radius 3 is 2.44 bits per heavy atom. The highest BCUT2D eigenvalue weighted by Crippen LogP contribution is 2.48. The molecule has 36 heavy (non-hydrogen) atoms. The molecule has 0 aliphatic rings. The normalized spacial score (nSPS) is 11.6. The lowest BCUT2D eigenvalue weighted by Crippen LogP contribution is -2.18. The number of halogens is 2. The number of nitrogens with one attached hydrogen (secondary N) is 1. The number of aryl methyl sites for hydroxylation is 1. The molecule has 2 aromatic carbocycles. The summed E-state index contributed by atoms with van der Waals surface area (Å²) < 4.78 is 40.4. The van der Waals surface area contributed by atoms with Crippen molar-refractivity contribution in [3.05, 3.63) is 75.3 Å². The topological polar surface area (TPSA) is 106 Å². The van der Waals surface area contributed by atoms with Crippen LogP contribution in [-0.4, -0.2) is 39.8 Å². The molecular formula is C25H23F2N3O5S. The van der Waals surface area contributed by atoms with Crippen LogP contribution in [0.3, 0.4) is 0 Å². The van der Waals surface area contributed by atoms with E-state index in [1.54, 1.807) is 6.92 Å². The lowest BCUT2D eigenvalue weighted by atomic mass is 10.0. The molecule has 0 spiro atoms. The van der Waals surface area contributed by atoms with E-state index >= 15 is 4.39 Å². The van der Waals surface area contributed by atoms with Gasteiger partial charge in [0.25, 0.3) is 0 Å². The Balaban J connectivity index is 1.91. The van der Waals surface area contributed by atoms with Crippen molar-refractivity contribution in [3.63, 3.8) is 0 Å². The summed E-state index contributed by atoms with van der Waals surface area (Å²) in [6.45, 7) is 5.32. The van der Waals surface area contributed by atoms with Gasteiger partial charge in [0.05, 0.1) is 30.3 Å². The molecule has 11 heteroatoms. The first-order valence-electron chi connectivity index (χ1n) is 10.7. The standard InChI is InChI=1S/C25H23F2N3O5S/c1-12-8-16(23(31)32)28-22-21(12)29-24(33)30(22)17-11-20(19(35-5)10-15(17)27)36-25(2,3)14-9-13(26)6-7-18(14)34-4/h6-11H,1-5H3,(H,29,33)(H,31,32). The number of carboxylic acids is 1. The monoisotopic (exact) mass is 515 g/mol. The number of aromatic amines is 1. The molecule has 8 nitrogen and oxygen atoms in total. The Bertz CT molecular complexity index is 1560. The number of benzene rings is 2. The lowest BCUT2D eigenvalue weighted by Gasteiger charge is -2.27. The Morgan fingerprint density at radius 1 is 1.11 bits per heavy atom. The van der Waals surface area contributed by atoms with Gasteiger partial charge in [-0.15, -0.1) is 11.8 Å². The molecule has 0 radical (unpaired) electrons. The van der Waals surface area contributed by atoms with Crippen LogP contribution in [0.5, 0.6) is 11.5 Å². The summed E-state index contributed by atoms with van der Waals surface area (Å²) in [5, 5.41) is 9.41. The van der Waals surface area contributed by atoms with E-state index in [9.17, 15) is 19.1 Å². The minimum Gasteiger partial charge on any atom is -0.496 e. The molecule has 2 N–H and O–H groups in total. The number of thioether (sulfide) groups is 1. The summed E-state index contributed by atoms with van der Waals surface area (Å²) in [4.78, 5) is 31.6. The van der Waals surface area contributed by atoms with Crippen molar-refractivity contribution in [1.29, 1.82) is 0 Å². The Labute approximate surface area is 208 Å². The van der Waals surface area contributed by atoms with Gasteiger partial charge >= 0.3 is 11.7 Å². The van der Waals surface area contributed by atoms with Crippen LogP contribution >= 0.6 is 11.8 Å². The van der Waals surface area contributed by atoms with Crippen LogP contribution in [-0.2, 0) is 4.75 Å². The van der Waals surface area contributed by atoms with Gasteiger partial charge in [0, 0.05) is 16.4 Å². The van der Waals surface area contributed by atoms with E-state index in [4.69, 9.17) is 9.47 Å².